The highest BCUT2D eigenvalue weighted by Gasteiger charge is 2.42. The van der Waals surface area contributed by atoms with E-state index in [0.29, 0.717) is 11.1 Å². The number of rotatable bonds is 8. The lowest BCUT2D eigenvalue weighted by molar-refractivity contribution is -0.142. The first-order valence-electron chi connectivity index (χ1n) is 8.43. The molecule has 0 heterocycles. The summed E-state index contributed by atoms with van der Waals surface area (Å²) in [7, 11) is 0. The van der Waals surface area contributed by atoms with E-state index < -0.39 is 17.9 Å². The normalized spacial score (nSPS) is 16.5. The van der Waals surface area contributed by atoms with Crippen LogP contribution in [-0.2, 0) is 16.0 Å². The van der Waals surface area contributed by atoms with E-state index in [9.17, 15) is 14.4 Å². The van der Waals surface area contributed by atoms with Crippen LogP contribution in [0.1, 0.15) is 78.7 Å². The van der Waals surface area contributed by atoms with Crippen molar-refractivity contribution >= 4 is 17.5 Å². The third-order valence-electron chi connectivity index (χ3n) is 4.22. The Morgan fingerprint density at radius 1 is 1.04 bits per heavy atom. The monoisotopic (exact) mass is 316 g/mol. The van der Waals surface area contributed by atoms with Crippen LogP contribution in [0.3, 0.4) is 0 Å². The number of carbonyl (C=O) groups excluding carboxylic acids is 3. The number of hydrogen-bond donors (Lipinski definition) is 0. The molecule has 1 unspecified atom stereocenters. The Morgan fingerprint density at radius 3 is 2.43 bits per heavy atom. The lowest BCUT2D eigenvalue weighted by Crippen LogP contribution is -2.28. The maximum Gasteiger partial charge on any atom is 0.303 e. The second kappa shape index (κ2) is 8.04. The van der Waals surface area contributed by atoms with Crippen LogP contribution >= 0.6 is 0 Å². The smallest absolute Gasteiger partial charge is 0.303 e. The molecular formula is C19H24O4. The average molecular weight is 316 g/mol. The van der Waals surface area contributed by atoms with Gasteiger partial charge in [0.2, 0.25) is 17.7 Å². The Balaban J connectivity index is 2.04. The Hall–Kier alpha value is -1.97. The third-order valence-corrected chi connectivity index (χ3v) is 4.22. The zero-order valence-electron chi connectivity index (χ0n) is 13.9. The zero-order valence-corrected chi connectivity index (χ0v) is 13.9. The molecule has 0 fully saturated rings. The van der Waals surface area contributed by atoms with Crippen molar-refractivity contribution in [2.24, 2.45) is 0 Å². The van der Waals surface area contributed by atoms with Crippen molar-refractivity contribution in [2.45, 2.75) is 64.9 Å². The topological polar surface area (TPSA) is 60.4 Å². The molecule has 1 atom stereocenters. The van der Waals surface area contributed by atoms with Crippen molar-refractivity contribution in [3.8, 4) is 0 Å². The molecular weight excluding hydrogens is 292 g/mol. The summed E-state index contributed by atoms with van der Waals surface area (Å²) in [6.07, 6.45) is 6.55. The molecule has 0 aliphatic heterocycles. The quantitative estimate of drug-likeness (QED) is 0.414. The van der Waals surface area contributed by atoms with Crippen LogP contribution in [0.5, 0.6) is 0 Å². The SMILES string of the molecule is CCCCCCCCc1cccc2c1C(=O)C(OC(C)=O)C2=O. The summed E-state index contributed by atoms with van der Waals surface area (Å²) < 4.78 is 4.91. The molecule has 0 saturated carbocycles. The van der Waals surface area contributed by atoms with E-state index >= 15 is 0 Å². The molecule has 4 heteroatoms. The summed E-state index contributed by atoms with van der Waals surface area (Å²) in [6, 6.07) is 5.34. The molecule has 4 nitrogen and oxygen atoms in total. The Bertz CT molecular complexity index is 603. The lowest BCUT2D eigenvalue weighted by atomic mass is 9.97. The highest BCUT2D eigenvalue weighted by Crippen LogP contribution is 2.28. The van der Waals surface area contributed by atoms with Crippen molar-refractivity contribution < 1.29 is 19.1 Å². The Kier molecular flexibility index (Phi) is 6.08. The van der Waals surface area contributed by atoms with Gasteiger partial charge in [0, 0.05) is 18.1 Å². The van der Waals surface area contributed by atoms with E-state index in [1.54, 1.807) is 12.1 Å². The predicted molar refractivity (Wildman–Crippen MR) is 87.7 cm³/mol. The Labute approximate surface area is 137 Å². The van der Waals surface area contributed by atoms with Crippen LogP contribution in [0.4, 0.5) is 0 Å². The molecule has 0 amide bonds. The highest BCUT2D eigenvalue weighted by atomic mass is 16.5. The van der Waals surface area contributed by atoms with Crippen LogP contribution in [0, 0.1) is 0 Å². The maximum atomic E-state index is 12.4. The van der Waals surface area contributed by atoms with Crippen molar-refractivity contribution in [1.82, 2.24) is 0 Å². The van der Waals surface area contributed by atoms with Gasteiger partial charge in [-0.15, -0.1) is 0 Å². The first-order valence-corrected chi connectivity index (χ1v) is 8.43. The fraction of sp³-hybridized carbons (Fsp3) is 0.526. The maximum absolute atomic E-state index is 12.4. The molecule has 1 aliphatic carbocycles. The summed E-state index contributed by atoms with van der Waals surface area (Å²) >= 11 is 0. The van der Waals surface area contributed by atoms with Crippen molar-refractivity contribution in [3.63, 3.8) is 0 Å². The van der Waals surface area contributed by atoms with Gasteiger partial charge in [-0.05, 0) is 18.4 Å². The molecule has 1 aromatic rings. The summed E-state index contributed by atoms with van der Waals surface area (Å²) in [6.45, 7) is 3.40. The summed E-state index contributed by atoms with van der Waals surface area (Å²) in [5, 5.41) is 0. The van der Waals surface area contributed by atoms with E-state index in [2.05, 4.69) is 6.92 Å². The number of ether oxygens (including phenoxy) is 1. The van der Waals surface area contributed by atoms with Gasteiger partial charge in [0.15, 0.2) is 0 Å². The van der Waals surface area contributed by atoms with Crippen LogP contribution < -0.4 is 0 Å². The molecule has 0 spiro atoms. The standard InChI is InChI=1S/C19H24O4/c1-3-4-5-6-7-8-10-14-11-9-12-15-16(14)18(22)19(17(15)21)23-13(2)20/h9,11-12,19H,3-8,10H2,1-2H3. The number of Topliss-reactive ketones (excluding diaryl/α,β-unsaturated/α-hetero) is 2. The second-order valence-electron chi connectivity index (χ2n) is 6.08. The van der Waals surface area contributed by atoms with E-state index in [4.69, 9.17) is 4.74 Å². The number of unbranched alkanes of at least 4 members (excludes halogenated alkanes) is 5. The van der Waals surface area contributed by atoms with Gasteiger partial charge in [0.1, 0.15) is 0 Å². The van der Waals surface area contributed by atoms with Gasteiger partial charge >= 0.3 is 5.97 Å². The summed E-state index contributed by atoms with van der Waals surface area (Å²) in [5.74, 6) is -1.38. The summed E-state index contributed by atoms with van der Waals surface area (Å²) in [5.41, 5.74) is 1.74. The third kappa shape index (κ3) is 4.06. The molecule has 1 aromatic carbocycles. The minimum atomic E-state index is -1.28. The highest BCUT2D eigenvalue weighted by molar-refractivity contribution is 6.29. The predicted octanol–water partition coefficient (Wildman–Crippen LogP) is 3.90. The number of hydrogen-bond acceptors (Lipinski definition) is 4. The van der Waals surface area contributed by atoms with Crippen LogP contribution in [-0.4, -0.2) is 23.6 Å². The number of aryl methyl sites for hydroxylation is 1. The van der Waals surface area contributed by atoms with E-state index in [0.717, 1.165) is 24.8 Å². The zero-order chi connectivity index (χ0) is 16.8. The van der Waals surface area contributed by atoms with Crippen LogP contribution in [0.25, 0.3) is 0 Å². The van der Waals surface area contributed by atoms with Crippen LogP contribution in [0.15, 0.2) is 18.2 Å². The van der Waals surface area contributed by atoms with Crippen molar-refractivity contribution in [3.05, 3.63) is 34.9 Å². The van der Waals surface area contributed by atoms with E-state index in [1.807, 2.05) is 6.07 Å². The van der Waals surface area contributed by atoms with Gasteiger partial charge in [0.25, 0.3) is 0 Å². The van der Waals surface area contributed by atoms with E-state index in [-0.39, 0.29) is 5.78 Å². The van der Waals surface area contributed by atoms with Gasteiger partial charge in [0.05, 0.1) is 0 Å². The van der Waals surface area contributed by atoms with Gasteiger partial charge < -0.3 is 4.74 Å². The van der Waals surface area contributed by atoms with Crippen molar-refractivity contribution in [2.75, 3.05) is 0 Å². The average Bonchev–Trinajstić information content (AvgIpc) is 2.76. The molecule has 1 aliphatic rings. The minimum Gasteiger partial charge on any atom is -0.446 e. The molecule has 23 heavy (non-hydrogen) atoms. The first kappa shape index (κ1) is 17.4. The van der Waals surface area contributed by atoms with Gasteiger partial charge in [-0.3, -0.25) is 14.4 Å². The molecule has 0 N–H and O–H groups in total. The van der Waals surface area contributed by atoms with Gasteiger partial charge in [-0.2, -0.15) is 0 Å². The molecule has 0 radical (unpaired) electrons. The second-order valence-corrected chi connectivity index (χ2v) is 6.08. The molecule has 0 saturated heterocycles. The summed E-state index contributed by atoms with van der Waals surface area (Å²) in [4.78, 5) is 35.8. The lowest BCUT2D eigenvalue weighted by Gasteiger charge is -2.08. The number of benzene rings is 1. The Morgan fingerprint density at radius 2 is 1.74 bits per heavy atom. The molecule has 0 aromatic heterocycles. The van der Waals surface area contributed by atoms with Crippen LogP contribution in [0.2, 0.25) is 0 Å². The van der Waals surface area contributed by atoms with Gasteiger partial charge in [-0.25, -0.2) is 0 Å². The van der Waals surface area contributed by atoms with Gasteiger partial charge in [-0.1, -0.05) is 57.2 Å². The molecule has 2 rings (SSSR count). The fourth-order valence-corrected chi connectivity index (χ4v) is 3.06. The first-order chi connectivity index (χ1) is 11.1. The largest absolute Gasteiger partial charge is 0.446 e. The number of carbonyl (C=O) groups is 3. The number of esters is 1. The minimum absolute atomic E-state index is 0.373. The van der Waals surface area contributed by atoms with E-state index in [1.165, 1.54) is 32.6 Å². The molecule has 0 bridgehead atoms. The number of ketones is 2. The fourth-order valence-electron chi connectivity index (χ4n) is 3.06. The van der Waals surface area contributed by atoms with Crippen molar-refractivity contribution in [1.29, 1.82) is 0 Å². The molecule has 124 valence electrons. The number of fused-ring (bicyclic) bond motifs is 1.